The fourth-order valence-electron chi connectivity index (χ4n) is 3.27. The summed E-state index contributed by atoms with van der Waals surface area (Å²) in [5, 5.41) is 5.17. The van der Waals surface area contributed by atoms with Gasteiger partial charge in [0, 0.05) is 16.9 Å². The van der Waals surface area contributed by atoms with Crippen molar-refractivity contribution in [1.29, 1.82) is 0 Å². The Bertz CT molecular complexity index is 1370. The Kier molecular flexibility index (Phi) is 6.78. The second kappa shape index (κ2) is 9.94. The van der Waals surface area contributed by atoms with Gasteiger partial charge < -0.3 is 24.8 Å². The van der Waals surface area contributed by atoms with Crippen LogP contribution < -0.4 is 29.6 Å². The lowest BCUT2D eigenvalue weighted by Gasteiger charge is -2.13. The van der Waals surface area contributed by atoms with E-state index in [0.717, 1.165) is 0 Å². The van der Waals surface area contributed by atoms with E-state index in [0.29, 0.717) is 39.8 Å². The molecule has 0 fully saturated rings. The minimum absolute atomic E-state index is 0.0291. The molecular weight excluding hydrogens is 474 g/mol. The lowest BCUT2D eigenvalue weighted by Crippen LogP contribution is -2.33. The maximum atomic E-state index is 12.8. The number of methoxy groups -OCH3 is 1. The zero-order valence-electron chi connectivity index (χ0n) is 19.0. The monoisotopic (exact) mass is 497 g/mol. The zero-order valence-corrected chi connectivity index (χ0v) is 19.8. The van der Waals surface area contributed by atoms with Gasteiger partial charge in [-0.2, -0.15) is 0 Å². The molecule has 3 N–H and O–H groups in total. The summed E-state index contributed by atoms with van der Waals surface area (Å²) in [5.74, 6) is 0.624. The number of fused-ring (bicyclic) bond motifs is 1. The van der Waals surface area contributed by atoms with Crippen LogP contribution in [0.4, 0.5) is 11.4 Å². The minimum Gasteiger partial charge on any atom is -0.497 e. The van der Waals surface area contributed by atoms with Gasteiger partial charge in [-0.25, -0.2) is 8.42 Å². The fraction of sp³-hybridized carbons (Fsp3) is 0.167. The van der Waals surface area contributed by atoms with Crippen LogP contribution in [0.2, 0.25) is 0 Å². The van der Waals surface area contributed by atoms with Crippen molar-refractivity contribution < 1.29 is 32.2 Å². The van der Waals surface area contributed by atoms with Gasteiger partial charge in [-0.3, -0.25) is 14.3 Å². The molecule has 0 bridgehead atoms. The highest BCUT2D eigenvalue weighted by Crippen LogP contribution is 2.32. The van der Waals surface area contributed by atoms with Gasteiger partial charge in [-0.05, 0) is 67.1 Å². The number of aryl methyl sites for hydroxylation is 1. The predicted octanol–water partition coefficient (Wildman–Crippen LogP) is 2.90. The molecule has 11 heteroatoms. The highest BCUT2D eigenvalue weighted by atomic mass is 32.2. The van der Waals surface area contributed by atoms with Gasteiger partial charge >= 0.3 is 0 Å². The number of ether oxygens (including phenoxy) is 3. The van der Waals surface area contributed by atoms with Crippen molar-refractivity contribution in [2.45, 2.75) is 11.8 Å². The molecule has 0 atom stereocenters. The molecule has 3 aromatic rings. The molecule has 2 amide bonds. The first-order valence-corrected chi connectivity index (χ1v) is 12.0. The first-order valence-electron chi connectivity index (χ1n) is 10.5. The Hall–Kier alpha value is -4.25. The summed E-state index contributed by atoms with van der Waals surface area (Å²) in [7, 11) is -2.39. The van der Waals surface area contributed by atoms with Crippen molar-refractivity contribution >= 4 is 33.2 Å². The third-order valence-corrected chi connectivity index (χ3v) is 6.56. The van der Waals surface area contributed by atoms with E-state index in [1.54, 1.807) is 49.4 Å². The Labute approximate surface area is 202 Å². The van der Waals surface area contributed by atoms with Crippen LogP contribution in [0.25, 0.3) is 0 Å². The second-order valence-electron chi connectivity index (χ2n) is 7.61. The van der Waals surface area contributed by atoms with Crippen LogP contribution in [-0.4, -0.2) is 40.7 Å². The number of benzene rings is 3. The zero-order chi connectivity index (χ0) is 25.0. The molecule has 0 radical (unpaired) electrons. The van der Waals surface area contributed by atoms with E-state index in [1.165, 1.54) is 25.3 Å². The minimum atomic E-state index is -3.91. The highest BCUT2D eigenvalue weighted by molar-refractivity contribution is 7.92. The quantitative estimate of drug-likeness (QED) is 0.436. The van der Waals surface area contributed by atoms with Crippen LogP contribution in [0, 0.1) is 6.92 Å². The fourth-order valence-corrected chi connectivity index (χ4v) is 4.36. The molecular formula is C24H23N3O7S. The van der Waals surface area contributed by atoms with E-state index in [2.05, 4.69) is 15.4 Å². The second-order valence-corrected chi connectivity index (χ2v) is 9.29. The topological polar surface area (TPSA) is 132 Å². The van der Waals surface area contributed by atoms with Crippen molar-refractivity contribution in [3.8, 4) is 17.2 Å². The standard InChI is InChI=1S/C24H23N3O7S/c1-15-3-9-19(35(30,31)27-17-5-7-18(32-2)8-6-17)12-20(15)26-23(28)13-25-24(29)16-4-10-21-22(11-16)34-14-33-21/h3-12,27H,13-14H2,1-2H3,(H,25,29)(H,26,28). The van der Waals surface area contributed by atoms with E-state index in [1.807, 2.05) is 0 Å². The van der Waals surface area contributed by atoms with Gasteiger partial charge in [0.2, 0.25) is 12.7 Å². The maximum Gasteiger partial charge on any atom is 0.261 e. The van der Waals surface area contributed by atoms with Crippen LogP contribution in [0.1, 0.15) is 15.9 Å². The number of hydrogen-bond acceptors (Lipinski definition) is 7. The van der Waals surface area contributed by atoms with Crippen molar-refractivity contribution in [1.82, 2.24) is 5.32 Å². The molecule has 1 aliphatic heterocycles. The third kappa shape index (κ3) is 5.64. The van der Waals surface area contributed by atoms with E-state index in [-0.39, 0.29) is 18.2 Å². The number of rotatable bonds is 8. The normalized spacial score (nSPS) is 12.1. The molecule has 0 aliphatic carbocycles. The van der Waals surface area contributed by atoms with Crippen LogP contribution in [0.5, 0.6) is 17.2 Å². The summed E-state index contributed by atoms with van der Waals surface area (Å²) in [6.45, 7) is 1.51. The molecule has 0 saturated carbocycles. The third-order valence-electron chi connectivity index (χ3n) is 5.18. The van der Waals surface area contributed by atoms with Gasteiger partial charge in [-0.15, -0.1) is 0 Å². The average Bonchev–Trinajstić information content (AvgIpc) is 3.32. The molecule has 35 heavy (non-hydrogen) atoms. The molecule has 182 valence electrons. The lowest BCUT2D eigenvalue weighted by molar-refractivity contribution is -0.115. The SMILES string of the molecule is COc1ccc(NS(=O)(=O)c2ccc(C)c(NC(=O)CNC(=O)c3ccc4c(c3)OCO4)c2)cc1. The number of carbonyl (C=O) groups excluding carboxylic acids is 2. The predicted molar refractivity (Wildman–Crippen MR) is 129 cm³/mol. The summed E-state index contributed by atoms with van der Waals surface area (Å²) in [5.41, 5.74) is 1.65. The Morgan fingerprint density at radius 1 is 0.971 bits per heavy atom. The summed E-state index contributed by atoms with van der Waals surface area (Å²) in [6, 6.07) is 15.5. The molecule has 0 saturated heterocycles. The largest absolute Gasteiger partial charge is 0.497 e. The van der Waals surface area contributed by atoms with Crippen molar-refractivity contribution in [3.05, 3.63) is 71.8 Å². The average molecular weight is 498 g/mol. The van der Waals surface area contributed by atoms with Crippen molar-refractivity contribution in [3.63, 3.8) is 0 Å². The molecule has 3 aromatic carbocycles. The molecule has 1 heterocycles. The maximum absolute atomic E-state index is 12.8. The van der Waals surface area contributed by atoms with E-state index in [4.69, 9.17) is 14.2 Å². The summed E-state index contributed by atoms with van der Waals surface area (Å²) < 4.78 is 43.7. The number of carbonyl (C=O) groups is 2. The van der Waals surface area contributed by atoms with Gasteiger partial charge in [0.25, 0.3) is 15.9 Å². The molecule has 0 unspecified atom stereocenters. The van der Waals surface area contributed by atoms with Crippen molar-refractivity contribution in [2.75, 3.05) is 30.5 Å². The molecule has 0 spiro atoms. The Morgan fingerprint density at radius 3 is 2.46 bits per heavy atom. The number of hydrogen-bond donors (Lipinski definition) is 3. The van der Waals surface area contributed by atoms with Crippen LogP contribution in [0.3, 0.4) is 0 Å². The van der Waals surface area contributed by atoms with E-state index < -0.39 is 21.8 Å². The van der Waals surface area contributed by atoms with Crippen LogP contribution >= 0.6 is 0 Å². The summed E-state index contributed by atoms with van der Waals surface area (Å²) >= 11 is 0. The van der Waals surface area contributed by atoms with Crippen LogP contribution in [0.15, 0.2) is 65.6 Å². The molecule has 1 aliphatic rings. The summed E-state index contributed by atoms with van der Waals surface area (Å²) in [6.07, 6.45) is 0. The molecule has 0 aromatic heterocycles. The summed E-state index contributed by atoms with van der Waals surface area (Å²) in [4.78, 5) is 24.8. The Morgan fingerprint density at radius 2 is 1.71 bits per heavy atom. The van der Waals surface area contributed by atoms with E-state index >= 15 is 0 Å². The number of nitrogens with one attached hydrogen (secondary N) is 3. The smallest absolute Gasteiger partial charge is 0.261 e. The van der Waals surface area contributed by atoms with Crippen molar-refractivity contribution in [2.24, 2.45) is 0 Å². The number of sulfonamides is 1. The van der Waals surface area contributed by atoms with E-state index in [9.17, 15) is 18.0 Å². The first kappa shape index (κ1) is 23.9. The first-order chi connectivity index (χ1) is 16.7. The van der Waals surface area contributed by atoms with Crippen LogP contribution in [-0.2, 0) is 14.8 Å². The van der Waals surface area contributed by atoms with Gasteiger partial charge in [0.15, 0.2) is 11.5 Å². The number of amides is 2. The van der Waals surface area contributed by atoms with Gasteiger partial charge in [0.1, 0.15) is 5.75 Å². The number of anilines is 2. The molecule has 10 nitrogen and oxygen atoms in total. The lowest BCUT2D eigenvalue weighted by atomic mass is 10.2. The highest BCUT2D eigenvalue weighted by Gasteiger charge is 2.18. The Balaban J connectivity index is 1.39. The van der Waals surface area contributed by atoms with Gasteiger partial charge in [-0.1, -0.05) is 6.07 Å². The molecule has 4 rings (SSSR count). The van der Waals surface area contributed by atoms with Gasteiger partial charge in [0.05, 0.1) is 18.6 Å².